The minimum atomic E-state index is -0.464. The predicted molar refractivity (Wildman–Crippen MR) is 111 cm³/mol. The molecule has 0 aromatic heterocycles. The summed E-state index contributed by atoms with van der Waals surface area (Å²) < 4.78 is 19.2. The molecule has 140 valence electrons. The van der Waals surface area contributed by atoms with Gasteiger partial charge in [-0.25, -0.2) is 4.39 Å². The summed E-state index contributed by atoms with van der Waals surface area (Å²) in [5.41, 5.74) is 2.35. The normalized spacial score (nSPS) is 10.7. The van der Waals surface area contributed by atoms with E-state index >= 15 is 0 Å². The molecule has 0 spiro atoms. The van der Waals surface area contributed by atoms with E-state index in [9.17, 15) is 4.39 Å². The second-order valence-corrected chi connectivity index (χ2v) is 7.45. The molecular formula is C20H14Cl4FNO. The van der Waals surface area contributed by atoms with Crippen molar-refractivity contribution in [3.05, 3.63) is 91.6 Å². The third kappa shape index (κ3) is 5.43. The lowest BCUT2D eigenvalue weighted by molar-refractivity contribution is 0.303. The highest BCUT2D eigenvalue weighted by Crippen LogP contribution is 2.28. The van der Waals surface area contributed by atoms with Crippen molar-refractivity contribution in [2.75, 3.05) is 5.32 Å². The van der Waals surface area contributed by atoms with Crippen LogP contribution in [0.4, 0.5) is 10.1 Å². The Bertz CT molecular complexity index is 965. The van der Waals surface area contributed by atoms with Crippen LogP contribution in [0, 0.1) is 5.82 Å². The van der Waals surface area contributed by atoms with Gasteiger partial charge in [0.2, 0.25) is 0 Å². The Hall–Kier alpha value is -1.65. The molecule has 2 nitrogen and oxygen atoms in total. The fraction of sp³-hybridized carbons (Fsp3) is 0.100. The summed E-state index contributed by atoms with van der Waals surface area (Å²) >= 11 is 24.0. The zero-order valence-electron chi connectivity index (χ0n) is 13.9. The summed E-state index contributed by atoms with van der Waals surface area (Å²) in [4.78, 5) is 0. The van der Waals surface area contributed by atoms with Gasteiger partial charge in [-0.15, -0.1) is 0 Å². The molecule has 0 radical (unpaired) electrons. The molecule has 3 rings (SSSR count). The first kappa shape index (κ1) is 20.1. The summed E-state index contributed by atoms with van der Waals surface area (Å²) in [7, 11) is 0. The van der Waals surface area contributed by atoms with E-state index in [4.69, 9.17) is 51.1 Å². The summed E-state index contributed by atoms with van der Waals surface area (Å²) in [6.45, 7) is 0.708. The van der Waals surface area contributed by atoms with Crippen molar-refractivity contribution in [3.63, 3.8) is 0 Å². The molecule has 0 heterocycles. The SMILES string of the molecule is Fc1ccc(NCc2cc(Cl)ccc2OCc2ccc(Cl)cc2Cl)cc1Cl. The zero-order chi connectivity index (χ0) is 19.4. The predicted octanol–water partition coefficient (Wildman–Crippen LogP) is 7.63. The van der Waals surface area contributed by atoms with E-state index in [1.807, 2.05) is 6.07 Å². The van der Waals surface area contributed by atoms with Gasteiger partial charge in [0.05, 0.1) is 5.02 Å². The zero-order valence-corrected chi connectivity index (χ0v) is 16.9. The monoisotopic (exact) mass is 443 g/mol. The molecule has 0 amide bonds. The van der Waals surface area contributed by atoms with Gasteiger partial charge in [-0.3, -0.25) is 0 Å². The van der Waals surface area contributed by atoms with Crippen LogP contribution in [0.1, 0.15) is 11.1 Å². The van der Waals surface area contributed by atoms with Gasteiger partial charge in [0.1, 0.15) is 18.2 Å². The number of hydrogen-bond donors (Lipinski definition) is 1. The van der Waals surface area contributed by atoms with Crippen LogP contribution in [0.15, 0.2) is 54.6 Å². The maximum atomic E-state index is 13.3. The van der Waals surface area contributed by atoms with E-state index in [0.717, 1.165) is 11.1 Å². The molecule has 0 bridgehead atoms. The number of halogens is 5. The van der Waals surface area contributed by atoms with Crippen LogP contribution >= 0.6 is 46.4 Å². The summed E-state index contributed by atoms with van der Waals surface area (Å²) in [5.74, 6) is 0.194. The lowest BCUT2D eigenvalue weighted by atomic mass is 10.2. The molecular weight excluding hydrogens is 431 g/mol. The Morgan fingerprint density at radius 2 is 1.52 bits per heavy atom. The fourth-order valence-corrected chi connectivity index (χ4v) is 3.26. The topological polar surface area (TPSA) is 21.3 Å². The van der Waals surface area contributed by atoms with Crippen molar-refractivity contribution in [3.8, 4) is 5.75 Å². The van der Waals surface area contributed by atoms with Gasteiger partial charge in [0.15, 0.2) is 0 Å². The Balaban J connectivity index is 1.73. The largest absolute Gasteiger partial charge is 0.488 e. The third-order valence-corrected chi connectivity index (χ3v) is 4.94. The Morgan fingerprint density at radius 1 is 0.778 bits per heavy atom. The van der Waals surface area contributed by atoms with E-state index < -0.39 is 5.82 Å². The van der Waals surface area contributed by atoms with Gasteiger partial charge in [0, 0.05) is 38.4 Å². The Labute approximate surface area is 176 Å². The first-order valence-corrected chi connectivity index (χ1v) is 9.47. The van der Waals surface area contributed by atoms with Crippen molar-refractivity contribution in [2.45, 2.75) is 13.2 Å². The Kier molecular flexibility index (Phi) is 6.72. The van der Waals surface area contributed by atoms with Crippen molar-refractivity contribution in [1.29, 1.82) is 0 Å². The maximum Gasteiger partial charge on any atom is 0.141 e. The van der Waals surface area contributed by atoms with E-state index in [2.05, 4.69) is 5.32 Å². The molecule has 0 aliphatic carbocycles. The highest BCUT2D eigenvalue weighted by molar-refractivity contribution is 6.35. The molecule has 1 N–H and O–H groups in total. The molecule has 0 saturated carbocycles. The molecule has 0 saturated heterocycles. The summed E-state index contributed by atoms with van der Waals surface area (Å²) in [6.07, 6.45) is 0. The highest BCUT2D eigenvalue weighted by atomic mass is 35.5. The van der Waals surface area contributed by atoms with Crippen LogP contribution in [0.5, 0.6) is 5.75 Å². The summed E-state index contributed by atoms with van der Waals surface area (Å²) in [5, 5.41) is 4.93. The molecule has 0 atom stereocenters. The van der Waals surface area contributed by atoms with Crippen LogP contribution < -0.4 is 10.1 Å². The van der Waals surface area contributed by atoms with Crippen molar-refractivity contribution in [1.82, 2.24) is 0 Å². The minimum Gasteiger partial charge on any atom is -0.488 e. The van der Waals surface area contributed by atoms with Crippen LogP contribution in [-0.4, -0.2) is 0 Å². The van der Waals surface area contributed by atoms with Crippen molar-refractivity contribution >= 4 is 52.1 Å². The van der Waals surface area contributed by atoms with Gasteiger partial charge in [-0.1, -0.05) is 52.5 Å². The van der Waals surface area contributed by atoms with Crippen LogP contribution in [0.2, 0.25) is 20.1 Å². The first-order valence-electron chi connectivity index (χ1n) is 7.96. The van der Waals surface area contributed by atoms with Crippen LogP contribution in [0.3, 0.4) is 0 Å². The van der Waals surface area contributed by atoms with E-state index in [-0.39, 0.29) is 11.6 Å². The molecule has 3 aromatic carbocycles. The van der Waals surface area contributed by atoms with Gasteiger partial charge in [0.25, 0.3) is 0 Å². The summed E-state index contributed by atoms with van der Waals surface area (Å²) in [6, 6.07) is 15.0. The molecule has 27 heavy (non-hydrogen) atoms. The smallest absolute Gasteiger partial charge is 0.141 e. The van der Waals surface area contributed by atoms with Crippen molar-refractivity contribution in [2.24, 2.45) is 0 Å². The molecule has 7 heteroatoms. The number of hydrogen-bond acceptors (Lipinski definition) is 2. The van der Waals surface area contributed by atoms with Crippen LogP contribution in [0.25, 0.3) is 0 Å². The van der Waals surface area contributed by atoms with Crippen LogP contribution in [-0.2, 0) is 13.2 Å². The van der Waals surface area contributed by atoms with E-state index in [0.29, 0.717) is 33.0 Å². The fourth-order valence-electron chi connectivity index (χ4n) is 2.42. The van der Waals surface area contributed by atoms with Gasteiger partial charge in [-0.05, 0) is 48.5 Å². The van der Waals surface area contributed by atoms with Crippen molar-refractivity contribution < 1.29 is 9.13 Å². The average molecular weight is 445 g/mol. The lowest BCUT2D eigenvalue weighted by Gasteiger charge is -2.14. The Morgan fingerprint density at radius 3 is 2.26 bits per heavy atom. The molecule has 0 unspecified atom stereocenters. The maximum absolute atomic E-state index is 13.3. The second kappa shape index (κ2) is 9.03. The molecule has 0 aliphatic rings. The lowest BCUT2D eigenvalue weighted by Crippen LogP contribution is -2.04. The molecule has 0 aliphatic heterocycles. The number of ether oxygens (including phenoxy) is 1. The van der Waals surface area contributed by atoms with Gasteiger partial charge >= 0.3 is 0 Å². The second-order valence-electron chi connectivity index (χ2n) is 5.76. The number of nitrogens with one attached hydrogen (secondary N) is 1. The highest BCUT2D eigenvalue weighted by Gasteiger charge is 2.08. The quantitative estimate of drug-likeness (QED) is 0.421. The standard InChI is InChI=1S/C20H14Cl4FNO/c21-14-3-6-20(27-11-12-1-2-15(22)8-17(12)23)13(7-14)10-26-16-4-5-19(25)18(24)9-16/h1-9,26H,10-11H2. The number of benzene rings is 3. The van der Waals surface area contributed by atoms with E-state index in [1.54, 1.807) is 36.4 Å². The van der Waals surface area contributed by atoms with Gasteiger partial charge < -0.3 is 10.1 Å². The first-order chi connectivity index (χ1) is 12.9. The number of rotatable bonds is 6. The molecule has 0 fully saturated rings. The van der Waals surface area contributed by atoms with Gasteiger partial charge in [-0.2, -0.15) is 0 Å². The van der Waals surface area contributed by atoms with E-state index in [1.165, 1.54) is 12.1 Å². The number of anilines is 1. The molecule has 3 aromatic rings. The third-order valence-electron chi connectivity index (χ3n) is 3.82. The minimum absolute atomic E-state index is 0.0555. The average Bonchev–Trinajstić information content (AvgIpc) is 2.63.